The maximum atomic E-state index is 5.67. The molecular weight excluding hydrogens is 190 g/mol. The van der Waals surface area contributed by atoms with Crippen LogP contribution in [0.5, 0.6) is 0 Å². The van der Waals surface area contributed by atoms with Gasteiger partial charge in [0.25, 0.3) is 0 Å². The largest absolute Gasteiger partial charge is 0.384 e. The van der Waals surface area contributed by atoms with E-state index in [-0.39, 0.29) is 11.5 Å². The van der Waals surface area contributed by atoms with Crippen molar-refractivity contribution in [1.82, 2.24) is 9.97 Å². The van der Waals surface area contributed by atoms with Crippen molar-refractivity contribution in [3.05, 3.63) is 18.1 Å². The highest BCUT2D eigenvalue weighted by Gasteiger charge is 2.29. The molecule has 4 heteroatoms. The van der Waals surface area contributed by atoms with Crippen molar-refractivity contribution in [2.24, 2.45) is 5.41 Å². The summed E-state index contributed by atoms with van der Waals surface area (Å²) in [7, 11) is 0. The summed E-state index contributed by atoms with van der Waals surface area (Å²) in [6, 6.07) is 1.68. The molecule has 1 atom stereocenters. The van der Waals surface area contributed by atoms with E-state index in [1.54, 1.807) is 12.3 Å². The second-order valence-corrected chi connectivity index (χ2v) is 4.54. The molecule has 1 rings (SSSR count). The van der Waals surface area contributed by atoms with Gasteiger partial charge in [0, 0.05) is 12.8 Å². The molecule has 2 N–H and O–H groups in total. The smallest absolute Gasteiger partial charge is 0.159 e. The van der Waals surface area contributed by atoms with Crippen LogP contribution in [0.1, 0.15) is 39.6 Å². The predicted octanol–water partition coefficient (Wildman–Crippen LogP) is 2.18. The molecule has 0 saturated heterocycles. The summed E-state index contributed by atoms with van der Waals surface area (Å²) in [5, 5.41) is 0. The minimum absolute atomic E-state index is 0.0379. The van der Waals surface area contributed by atoms with Crippen molar-refractivity contribution in [3.63, 3.8) is 0 Å². The standard InChI is InChI=1S/C11H19N3O/c1-5-15-9(11(2,3)4)10-13-7-6-8(12)14-10/h6-7,9H,5H2,1-4H3,(H2,12,13,14). The molecular formula is C11H19N3O. The summed E-state index contributed by atoms with van der Waals surface area (Å²) in [6.07, 6.45) is 1.54. The van der Waals surface area contributed by atoms with Crippen molar-refractivity contribution >= 4 is 5.82 Å². The van der Waals surface area contributed by atoms with E-state index in [2.05, 4.69) is 30.7 Å². The second kappa shape index (κ2) is 4.57. The third kappa shape index (κ3) is 3.16. The Bertz CT molecular complexity index is 320. The highest BCUT2D eigenvalue weighted by atomic mass is 16.5. The van der Waals surface area contributed by atoms with Crippen molar-refractivity contribution in [2.45, 2.75) is 33.8 Å². The molecule has 0 radical (unpaired) electrons. The van der Waals surface area contributed by atoms with Crippen LogP contribution in [-0.2, 0) is 4.74 Å². The Labute approximate surface area is 90.9 Å². The first-order valence-electron chi connectivity index (χ1n) is 5.15. The third-order valence-corrected chi connectivity index (χ3v) is 2.05. The number of hydrogen-bond acceptors (Lipinski definition) is 4. The zero-order valence-electron chi connectivity index (χ0n) is 9.82. The van der Waals surface area contributed by atoms with E-state index in [0.29, 0.717) is 18.2 Å². The first kappa shape index (κ1) is 11.9. The van der Waals surface area contributed by atoms with E-state index in [1.807, 2.05) is 6.92 Å². The fraction of sp³-hybridized carbons (Fsp3) is 0.636. The van der Waals surface area contributed by atoms with Gasteiger partial charge in [0.05, 0.1) is 0 Å². The Balaban J connectivity index is 2.99. The molecule has 1 aromatic rings. The predicted molar refractivity (Wildman–Crippen MR) is 60.3 cm³/mol. The maximum absolute atomic E-state index is 5.67. The number of hydrogen-bond donors (Lipinski definition) is 1. The van der Waals surface area contributed by atoms with Crippen molar-refractivity contribution in [3.8, 4) is 0 Å². The van der Waals surface area contributed by atoms with Crippen LogP contribution in [0.4, 0.5) is 5.82 Å². The number of nitrogen functional groups attached to an aromatic ring is 1. The average Bonchev–Trinajstić information content (AvgIpc) is 2.12. The van der Waals surface area contributed by atoms with Gasteiger partial charge in [0.15, 0.2) is 5.82 Å². The molecule has 84 valence electrons. The molecule has 1 unspecified atom stereocenters. The van der Waals surface area contributed by atoms with Crippen LogP contribution >= 0.6 is 0 Å². The van der Waals surface area contributed by atoms with Gasteiger partial charge in [-0.1, -0.05) is 20.8 Å². The normalized spacial score (nSPS) is 13.9. The molecule has 0 aliphatic rings. The SMILES string of the molecule is CCOC(c1nccc(N)n1)C(C)(C)C. The van der Waals surface area contributed by atoms with E-state index >= 15 is 0 Å². The number of rotatable bonds is 3. The number of anilines is 1. The molecule has 0 aliphatic heterocycles. The highest BCUT2D eigenvalue weighted by molar-refractivity contribution is 5.25. The fourth-order valence-electron chi connectivity index (χ4n) is 1.39. The molecule has 0 aromatic carbocycles. The van der Waals surface area contributed by atoms with Crippen molar-refractivity contribution in [2.75, 3.05) is 12.3 Å². The first-order valence-corrected chi connectivity index (χ1v) is 5.15. The fourth-order valence-corrected chi connectivity index (χ4v) is 1.39. The lowest BCUT2D eigenvalue weighted by molar-refractivity contribution is -0.0190. The number of nitrogens with zero attached hydrogens (tertiary/aromatic N) is 2. The molecule has 0 aliphatic carbocycles. The van der Waals surface area contributed by atoms with E-state index < -0.39 is 0 Å². The van der Waals surface area contributed by atoms with Crippen molar-refractivity contribution < 1.29 is 4.74 Å². The summed E-state index contributed by atoms with van der Waals surface area (Å²) in [6.45, 7) is 8.89. The highest BCUT2D eigenvalue weighted by Crippen LogP contribution is 2.34. The number of aromatic nitrogens is 2. The zero-order valence-corrected chi connectivity index (χ0v) is 9.82. The Hall–Kier alpha value is -1.16. The molecule has 0 amide bonds. The molecule has 1 heterocycles. The lowest BCUT2D eigenvalue weighted by atomic mass is 9.88. The summed E-state index contributed by atoms with van der Waals surface area (Å²) < 4.78 is 5.67. The summed E-state index contributed by atoms with van der Waals surface area (Å²) in [5.74, 6) is 1.14. The molecule has 0 saturated carbocycles. The monoisotopic (exact) mass is 209 g/mol. The third-order valence-electron chi connectivity index (χ3n) is 2.05. The Morgan fingerprint density at radius 3 is 2.60 bits per heavy atom. The van der Waals surface area contributed by atoms with Gasteiger partial charge in [-0.15, -0.1) is 0 Å². The van der Waals surface area contributed by atoms with Gasteiger partial charge < -0.3 is 10.5 Å². The van der Waals surface area contributed by atoms with Gasteiger partial charge in [0.1, 0.15) is 11.9 Å². The van der Waals surface area contributed by atoms with Gasteiger partial charge in [-0.25, -0.2) is 9.97 Å². The van der Waals surface area contributed by atoms with E-state index in [4.69, 9.17) is 10.5 Å². The summed E-state index contributed by atoms with van der Waals surface area (Å²) in [5.41, 5.74) is 5.59. The van der Waals surface area contributed by atoms with Gasteiger partial charge in [-0.3, -0.25) is 0 Å². The molecule has 4 nitrogen and oxygen atoms in total. The summed E-state index contributed by atoms with van der Waals surface area (Å²) in [4.78, 5) is 8.41. The van der Waals surface area contributed by atoms with Gasteiger partial charge in [0.2, 0.25) is 0 Å². The van der Waals surface area contributed by atoms with Crippen LogP contribution in [0, 0.1) is 5.41 Å². The number of nitrogens with two attached hydrogens (primary N) is 1. The first-order chi connectivity index (χ1) is 6.95. The average molecular weight is 209 g/mol. The van der Waals surface area contributed by atoms with Crippen LogP contribution in [0.2, 0.25) is 0 Å². The maximum Gasteiger partial charge on any atom is 0.159 e. The van der Waals surface area contributed by atoms with Crippen LogP contribution in [0.15, 0.2) is 12.3 Å². The van der Waals surface area contributed by atoms with Crippen LogP contribution in [0.25, 0.3) is 0 Å². The molecule has 0 bridgehead atoms. The van der Waals surface area contributed by atoms with Gasteiger partial charge >= 0.3 is 0 Å². The second-order valence-electron chi connectivity index (χ2n) is 4.54. The molecule has 0 fully saturated rings. The van der Waals surface area contributed by atoms with Crippen molar-refractivity contribution in [1.29, 1.82) is 0 Å². The Kier molecular flexibility index (Phi) is 3.63. The van der Waals surface area contributed by atoms with Crippen LogP contribution < -0.4 is 5.73 Å². The molecule has 1 aromatic heterocycles. The van der Waals surface area contributed by atoms with Crippen LogP contribution in [-0.4, -0.2) is 16.6 Å². The lowest BCUT2D eigenvalue weighted by Gasteiger charge is -2.28. The topological polar surface area (TPSA) is 61.0 Å². The quantitative estimate of drug-likeness (QED) is 0.828. The Morgan fingerprint density at radius 2 is 2.13 bits per heavy atom. The number of ether oxygens (including phenoxy) is 1. The summed E-state index contributed by atoms with van der Waals surface area (Å²) >= 11 is 0. The Morgan fingerprint density at radius 1 is 1.47 bits per heavy atom. The minimum atomic E-state index is -0.119. The molecule has 0 spiro atoms. The minimum Gasteiger partial charge on any atom is -0.384 e. The molecule has 15 heavy (non-hydrogen) atoms. The zero-order chi connectivity index (χ0) is 11.5. The van der Waals surface area contributed by atoms with E-state index in [9.17, 15) is 0 Å². The van der Waals surface area contributed by atoms with Crippen LogP contribution in [0.3, 0.4) is 0 Å². The van der Waals surface area contributed by atoms with Gasteiger partial charge in [-0.2, -0.15) is 0 Å². The van der Waals surface area contributed by atoms with Gasteiger partial charge in [-0.05, 0) is 18.4 Å². The van der Waals surface area contributed by atoms with E-state index in [1.165, 1.54) is 0 Å². The lowest BCUT2D eigenvalue weighted by Crippen LogP contribution is -2.23. The van der Waals surface area contributed by atoms with E-state index in [0.717, 1.165) is 0 Å².